The molecule has 1 saturated heterocycles. The fraction of sp³-hybridized carbons (Fsp3) is 0.857. The third-order valence-corrected chi connectivity index (χ3v) is 1.89. The molecule has 52 valence electrons. The Bertz CT molecular complexity index is 95.1. The van der Waals surface area contributed by atoms with E-state index in [1.54, 1.807) is 0 Å². The van der Waals surface area contributed by atoms with Crippen LogP contribution >= 0.6 is 0 Å². The number of nitrogens with one attached hydrogen (secondary N) is 1. The number of aldehydes is 1. The summed E-state index contributed by atoms with van der Waals surface area (Å²) in [4.78, 5) is 10.2. The normalized spacial score (nSPS) is 36.1. The van der Waals surface area contributed by atoms with E-state index in [-0.39, 0.29) is 5.92 Å². The number of hydrogen-bond donors (Lipinski definition) is 1. The van der Waals surface area contributed by atoms with Gasteiger partial charge in [0, 0.05) is 18.5 Å². The number of carbonyl (C=O) groups is 1. The van der Waals surface area contributed by atoms with E-state index in [0.29, 0.717) is 6.04 Å². The molecule has 1 aliphatic heterocycles. The highest BCUT2D eigenvalue weighted by molar-refractivity contribution is 5.53. The van der Waals surface area contributed by atoms with Crippen molar-refractivity contribution in [2.24, 2.45) is 5.92 Å². The van der Waals surface area contributed by atoms with Crippen LogP contribution in [0.1, 0.15) is 19.8 Å². The molecule has 0 spiro atoms. The van der Waals surface area contributed by atoms with Crippen LogP contribution in [0.25, 0.3) is 0 Å². The van der Waals surface area contributed by atoms with Crippen molar-refractivity contribution in [3.8, 4) is 0 Å². The number of hydrogen-bond acceptors (Lipinski definition) is 2. The minimum Gasteiger partial charge on any atom is -0.314 e. The third kappa shape index (κ3) is 1.79. The molecule has 0 aliphatic carbocycles. The van der Waals surface area contributed by atoms with E-state index < -0.39 is 0 Å². The molecule has 1 N–H and O–H groups in total. The van der Waals surface area contributed by atoms with Gasteiger partial charge in [0.25, 0.3) is 0 Å². The molecule has 0 unspecified atom stereocenters. The zero-order chi connectivity index (χ0) is 6.69. The van der Waals surface area contributed by atoms with Crippen LogP contribution in [0.2, 0.25) is 0 Å². The Labute approximate surface area is 55.6 Å². The van der Waals surface area contributed by atoms with Crippen molar-refractivity contribution in [3.05, 3.63) is 0 Å². The summed E-state index contributed by atoms with van der Waals surface area (Å²) >= 11 is 0. The van der Waals surface area contributed by atoms with Gasteiger partial charge in [-0.25, -0.2) is 0 Å². The predicted octanol–water partition coefficient (Wildman–Crippen LogP) is 0.573. The molecule has 1 aliphatic rings. The van der Waals surface area contributed by atoms with Gasteiger partial charge >= 0.3 is 0 Å². The molecule has 2 heteroatoms. The maximum absolute atomic E-state index is 10.2. The summed E-state index contributed by atoms with van der Waals surface area (Å²) < 4.78 is 0. The van der Waals surface area contributed by atoms with E-state index in [1.165, 1.54) is 0 Å². The van der Waals surface area contributed by atoms with Crippen molar-refractivity contribution in [2.75, 3.05) is 6.54 Å². The van der Waals surface area contributed by atoms with Crippen LogP contribution in [0.15, 0.2) is 0 Å². The average Bonchev–Trinajstić information content (AvgIpc) is 1.90. The summed E-state index contributed by atoms with van der Waals surface area (Å²) in [6, 6.07) is 0.612. The summed E-state index contributed by atoms with van der Waals surface area (Å²) in [6.07, 6.45) is 3.26. The highest BCUT2D eigenvalue weighted by Crippen LogP contribution is 2.10. The molecule has 0 aromatic rings. The fourth-order valence-electron chi connectivity index (χ4n) is 1.14. The van der Waals surface area contributed by atoms with Gasteiger partial charge in [0.05, 0.1) is 0 Å². The van der Waals surface area contributed by atoms with Gasteiger partial charge < -0.3 is 10.1 Å². The van der Waals surface area contributed by atoms with Crippen molar-refractivity contribution in [1.29, 1.82) is 0 Å². The van der Waals surface area contributed by atoms with Crippen molar-refractivity contribution in [1.82, 2.24) is 5.32 Å². The summed E-state index contributed by atoms with van der Waals surface area (Å²) in [5.41, 5.74) is 0. The van der Waals surface area contributed by atoms with Crippen molar-refractivity contribution in [2.45, 2.75) is 25.8 Å². The Balaban J connectivity index is 2.26. The monoisotopic (exact) mass is 127 g/mol. The molecule has 9 heavy (non-hydrogen) atoms. The topological polar surface area (TPSA) is 29.1 Å². The Morgan fingerprint density at radius 2 is 2.33 bits per heavy atom. The van der Waals surface area contributed by atoms with E-state index in [9.17, 15) is 4.79 Å². The highest BCUT2D eigenvalue weighted by Gasteiger charge is 2.15. The maximum Gasteiger partial charge on any atom is 0.124 e. The molecule has 1 rings (SSSR count). The van der Waals surface area contributed by atoms with Crippen LogP contribution in [-0.2, 0) is 4.79 Å². The van der Waals surface area contributed by atoms with Crippen molar-refractivity contribution in [3.63, 3.8) is 0 Å². The minimum absolute atomic E-state index is 0.279. The smallest absolute Gasteiger partial charge is 0.124 e. The van der Waals surface area contributed by atoms with Crippen LogP contribution in [0.4, 0.5) is 0 Å². The maximum atomic E-state index is 10.2. The van der Waals surface area contributed by atoms with E-state index in [4.69, 9.17) is 0 Å². The number of piperidine rings is 1. The van der Waals surface area contributed by atoms with Crippen LogP contribution in [0.3, 0.4) is 0 Å². The lowest BCUT2D eigenvalue weighted by Crippen LogP contribution is -2.37. The first kappa shape index (κ1) is 6.75. The Morgan fingerprint density at radius 3 is 2.78 bits per heavy atom. The zero-order valence-corrected chi connectivity index (χ0v) is 5.76. The molecule has 0 saturated carbocycles. The molecule has 0 aromatic heterocycles. The molecule has 1 fully saturated rings. The summed E-state index contributed by atoms with van der Waals surface area (Å²) in [7, 11) is 0. The second-order valence-electron chi connectivity index (χ2n) is 2.78. The lowest BCUT2D eigenvalue weighted by atomic mass is 9.97. The fourth-order valence-corrected chi connectivity index (χ4v) is 1.14. The minimum atomic E-state index is 0.279. The first-order valence-corrected chi connectivity index (χ1v) is 3.51. The highest BCUT2D eigenvalue weighted by atomic mass is 16.1. The SMILES string of the molecule is C[C@H]1CC[C@@H](C=O)CN1. The van der Waals surface area contributed by atoms with Gasteiger partial charge in [0.15, 0.2) is 0 Å². The predicted molar refractivity (Wildman–Crippen MR) is 36.3 cm³/mol. The summed E-state index contributed by atoms with van der Waals surface area (Å²) in [6.45, 7) is 3.03. The van der Waals surface area contributed by atoms with E-state index in [0.717, 1.165) is 25.7 Å². The lowest BCUT2D eigenvalue weighted by Gasteiger charge is -2.23. The van der Waals surface area contributed by atoms with E-state index >= 15 is 0 Å². The molecular weight excluding hydrogens is 114 g/mol. The molecule has 2 atom stereocenters. The van der Waals surface area contributed by atoms with Gasteiger partial charge in [0.2, 0.25) is 0 Å². The van der Waals surface area contributed by atoms with Gasteiger partial charge in [-0.3, -0.25) is 0 Å². The molecule has 2 nitrogen and oxygen atoms in total. The van der Waals surface area contributed by atoms with Gasteiger partial charge in [-0.2, -0.15) is 0 Å². The summed E-state index contributed by atoms with van der Waals surface area (Å²) in [5.74, 6) is 0.279. The van der Waals surface area contributed by atoms with Crippen LogP contribution in [0, 0.1) is 5.92 Å². The Kier molecular flexibility index (Phi) is 2.22. The summed E-state index contributed by atoms with van der Waals surface area (Å²) in [5, 5.41) is 3.25. The molecular formula is C7H13NO. The molecule has 0 amide bonds. The largest absolute Gasteiger partial charge is 0.314 e. The number of rotatable bonds is 1. The quantitative estimate of drug-likeness (QED) is 0.522. The molecule has 0 aromatic carbocycles. The Hall–Kier alpha value is -0.370. The van der Waals surface area contributed by atoms with E-state index in [1.807, 2.05) is 0 Å². The third-order valence-electron chi connectivity index (χ3n) is 1.89. The first-order valence-electron chi connectivity index (χ1n) is 3.51. The van der Waals surface area contributed by atoms with Crippen molar-refractivity contribution >= 4 is 6.29 Å². The Morgan fingerprint density at radius 1 is 1.56 bits per heavy atom. The van der Waals surface area contributed by atoms with E-state index in [2.05, 4.69) is 12.2 Å². The molecule has 0 bridgehead atoms. The van der Waals surface area contributed by atoms with Crippen LogP contribution in [0.5, 0.6) is 0 Å². The van der Waals surface area contributed by atoms with Crippen LogP contribution in [-0.4, -0.2) is 18.9 Å². The molecule has 0 radical (unpaired) electrons. The van der Waals surface area contributed by atoms with Gasteiger partial charge in [0.1, 0.15) is 6.29 Å². The van der Waals surface area contributed by atoms with Crippen LogP contribution < -0.4 is 5.32 Å². The standard InChI is InChI=1S/C7H13NO/c1-6-2-3-7(5-9)4-8-6/h5-8H,2-4H2,1H3/t6-,7+/m0/s1. The first-order chi connectivity index (χ1) is 4.33. The van der Waals surface area contributed by atoms with Gasteiger partial charge in [-0.1, -0.05) is 0 Å². The zero-order valence-electron chi connectivity index (χ0n) is 5.76. The second-order valence-corrected chi connectivity index (χ2v) is 2.78. The second kappa shape index (κ2) is 2.97. The average molecular weight is 127 g/mol. The van der Waals surface area contributed by atoms with Gasteiger partial charge in [-0.15, -0.1) is 0 Å². The molecule has 1 heterocycles. The van der Waals surface area contributed by atoms with Crippen molar-refractivity contribution < 1.29 is 4.79 Å². The van der Waals surface area contributed by atoms with Gasteiger partial charge in [-0.05, 0) is 19.8 Å². The number of carbonyl (C=O) groups excluding carboxylic acids is 1. The lowest BCUT2D eigenvalue weighted by molar-refractivity contribution is -0.111.